The van der Waals surface area contributed by atoms with Gasteiger partial charge in [-0.1, -0.05) is 49.7 Å². The van der Waals surface area contributed by atoms with Crippen molar-refractivity contribution in [3.05, 3.63) is 47.5 Å². The fraction of sp³-hybridized carbons (Fsp3) is 0.476. The van der Waals surface area contributed by atoms with Gasteiger partial charge >= 0.3 is 6.18 Å². The van der Waals surface area contributed by atoms with Crippen LogP contribution in [-0.2, 0) is 11.2 Å². The third kappa shape index (κ3) is 3.95. The van der Waals surface area contributed by atoms with Gasteiger partial charge in [0.15, 0.2) is 6.04 Å². The molecular weight excluding hydrogens is 353 g/mol. The normalized spacial score (nSPS) is 18.7. The fourth-order valence-electron chi connectivity index (χ4n) is 3.84. The molecule has 1 amide bonds. The highest BCUT2D eigenvalue weighted by Crippen LogP contribution is 2.45. The Morgan fingerprint density at radius 2 is 1.93 bits per heavy atom. The molecule has 0 bridgehead atoms. The minimum atomic E-state index is -4.53. The predicted molar refractivity (Wildman–Crippen MR) is 100 cm³/mol. The maximum atomic E-state index is 14.2. The highest BCUT2D eigenvalue weighted by atomic mass is 19.4. The number of carbonyl (C=O) groups is 1. The molecule has 6 heteroatoms. The largest absolute Gasteiger partial charge is 0.409 e. The highest BCUT2D eigenvalue weighted by molar-refractivity contribution is 5.87. The number of alkyl halides is 3. The molecule has 0 spiro atoms. The quantitative estimate of drug-likeness (QED) is 0.766. The number of nitrogens with zero attached hydrogens (tertiary/aromatic N) is 1. The van der Waals surface area contributed by atoms with Crippen LogP contribution in [0.5, 0.6) is 0 Å². The second-order valence-electron chi connectivity index (χ2n) is 7.85. The van der Waals surface area contributed by atoms with Crippen LogP contribution in [0.4, 0.5) is 13.2 Å². The Hall–Kier alpha value is -2.08. The molecule has 27 heavy (non-hydrogen) atoms. The summed E-state index contributed by atoms with van der Waals surface area (Å²) in [6.07, 6.45) is -1.87. The van der Waals surface area contributed by atoms with E-state index in [0.717, 1.165) is 35.2 Å². The Balaban J connectivity index is 2.20. The molecule has 0 aliphatic carbocycles. The van der Waals surface area contributed by atoms with E-state index in [2.05, 4.69) is 12.3 Å². The van der Waals surface area contributed by atoms with E-state index in [4.69, 9.17) is 0 Å². The van der Waals surface area contributed by atoms with Gasteiger partial charge in [0.2, 0.25) is 5.91 Å². The van der Waals surface area contributed by atoms with Crippen LogP contribution in [0.3, 0.4) is 0 Å². The van der Waals surface area contributed by atoms with Gasteiger partial charge in [-0.15, -0.1) is 0 Å². The smallest absolute Gasteiger partial charge is 0.287 e. The topological polar surface area (TPSA) is 32.3 Å². The number of hydrogen-bond donors (Lipinski definition) is 1. The van der Waals surface area contributed by atoms with Gasteiger partial charge in [-0.25, -0.2) is 0 Å². The maximum Gasteiger partial charge on any atom is 0.409 e. The maximum absolute atomic E-state index is 14.2. The predicted octanol–water partition coefficient (Wildman–Crippen LogP) is 5.30. The molecule has 2 aromatic rings. The van der Waals surface area contributed by atoms with E-state index in [-0.39, 0.29) is 17.9 Å². The van der Waals surface area contributed by atoms with Gasteiger partial charge in [-0.2, -0.15) is 18.2 Å². The van der Waals surface area contributed by atoms with Crippen molar-refractivity contribution in [3.63, 3.8) is 0 Å². The third-order valence-corrected chi connectivity index (χ3v) is 5.13. The lowest BCUT2D eigenvalue weighted by molar-refractivity contribution is -0.203. The van der Waals surface area contributed by atoms with E-state index in [1.165, 1.54) is 0 Å². The molecule has 0 radical (unpaired) electrons. The molecule has 0 aromatic heterocycles. The van der Waals surface area contributed by atoms with Crippen molar-refractivity contribution in [3.8, 4) is 0 Å². The van der Waals surface area contributed by atoms with Crippen molar-refractivity contribution in [2.45, 2.75) is 64.2 Å². The summed E-state index contributed by atoms with van der Waals surface area (Å²) in [5.74, 6) is -0.388. The first-order chi connectivity index (χ1) is 12.6. The van der Waals surface area contributed by atoms with Crippen LogP contribution in [-0.4, -0.2) is 22.6 Å². The van der Waals surface area contributed by atoms with Gasteiger partial charge in [0.1, 0.15) is 0 Å². The standard InChI is InChI=1S/C21H25F3N2O/c1-4-5-8-14-11-15-9-6-7-10-16(15)17(12-14)19(21(22,23)24)26-20(2,3)13-18(27)25-26/h6-7,9-12,19H,4-5,8,13H2,1-3H3,(H,25,27). The highest BCUT2D eigenvalue weighted by Gasteiger charge is 2.53. The lowest BCUT2D eigenvalue weighted by atomic mass is 9.91. The lowest BCUT2D eigenvalue weighted by Gasteiger charge is -2.38. The summed E-state index contributed by atoms with van der Waals surface area (Å²) in [5, 5.41) is 2.44. The lowest BCUT2D eigenvalue weighted by Crippen LogP contribution is -2.51. The summed E-state index contributed by atoms with van der Waals surface area (Å²) >= 11 is 0. The fourth-order valence-corrected chi connectivity index (χ4v) is 3.84. The van der Waals surface area contributed by atoms with Gasteiger partial charge in [0.25, 0.3) is 0 Å². The van der Waals surface area contributed by atoms with E-state index in [1.807, 2.05) is 18.2 Å². The molecule has 1 aliphatic rings. The molecule has 1 heterocycles. The summed E-state index contributed by atoms with van der Waals surface area (Å²) in [6.45, 7) is 5.38. The number of rotatable bonds is 5. The molecule has 1 aliphatic heterocycles. The first-order valence-electron chi connectivity index (χ1n) is 9.30. The Morgan fingerprint density at radius 3 is 2.52 bits per heavy atom. The number of hydrogen-bond acceptors (Lipinski definition) is 2. The number of benzene rings is 2. The van der Waals surface area contributed by atoms with Gasteiger partial charge in [0.05, 0.1) is 0 Å². The zero-order valence-electron chi connectivity index (χ0n) is 15.9. The molecule has 0 saturated carbocycles. The molecule has 1 fully saturated rings. The second-order valence-corrected chi connectivity index (χ2v) is 7.85. The number of amides is 1. The summed E-state index contributed by atoms with van der Waals surface area (Å²) in [5.41, 5.74) is 2.61. The van der Waals surface area contributed by atoms with Gasteiger partial charge in [-0.05, 0) is 48.6 Å². The summed E-state index contributed by atoms with van der Waals surface area (Å²) in [4.78, 5) is 11.9. The average Bonchev–Trinajstić information content (AvgIpc) is 2.84. The number of aryl methyl sites for hydroxylation is 1. The van der Waals surface area contributed by atoms with Crippen LogP contribution < -0.4 is 5.43 Å². The van der Waals surface area contributed by atoms with Crippen LogP contribution >= 0.6 is 0 Å². The zero-order chi connectivity index (χ0) is 19.8. The van der Waals surface area contributed by atoms with Crippen molar-refractivity contribution >= 4 is 16.7 Å². The number of fused-ring (bicyclic) bond motifs is 1. The molecular formula is C21H25F3N2O. The number of unbranched alkanes of at least 4 members (excludes halogenated alkanes) is 1. The Morgan fingerprint density at radius 1 is 1.22 bits per heavy atom. The monoisotopic (exact) mass is 378 g/mol. The van der Waals surface area contributed by atoms with Crippen molar-refractivity contribution in [2.75, 3.05) is 0 Å². The van der Waals surface area contributed by atoms with E-state index in [1.54, 1.807) is 32.0 Å². The van der Waals surface area contributed by atoms with Crippen molar-refractivity contribution in [1.82, 2.24) is 10.4 Å². The number of carbonyl (C=O) groups excluding carboxylic acids is 1. The minimum Gasteiger partial charge on any atom is -0.287 e. The number of nitrogens with one attached hydrogen (secondary N) is 1. The molecule has 1 N–H and O–H groups in total. The molecule has 146 valence electrons. The molecule has 2 aromatic carbocycles. The van der Waals surface area contributed by atoms with E-state index < -0.39 is 17.8 Å². The summed E-state index contributed by atoms with van der Waals surface area (Å²) in [7, 11) is 0. The molecule has 1 unspecified atom stereocenters. The van der Waals surface area contributed by atoms with Crippen LogP contribution in [0.1, 0.15) is 57.2 Å². The van der Waals surface area contributed by atoms with Crippen LogP contribution in [0.25, 0.3) is 10.8 Å². The molecule has 1 saturated heterocycles. The summed E-state index contributed by atoms with van der Waals surface area (Å²) < 4.78 is 42.7. The van der Waals surface area contributed by atoms with E-state index in [9.17, 15) is 18.0 Å². The van der Waals surface area contributed by atoms with Crippen molar-refractivity contribution in [2.24, 2.45) is 0 Å². The molecule has 3 rings (SSSR count). The van der Waals surface area contributed by atoms with E-state index >= 15 is 0 Å². The molecule has 3 nitrogen and oxygen atoms in total. The average molecular weight is 378 g/mol. The van der Waals surface area contributed by atoms with Gasteiger partial charge in [0, 0.05) is 12.0 Å². The second kappa shape index (κ2) is 7.15. The third-order valence-electron chi connectivity index (χ3n) is 5.13. The van der Waals surface area contributed by atoms with Crippen LogP contribution in [0, 0.1) is 0 Å². The minimum absolute atomic E-state index is 0.0348. The number of halogens is 3. The SMILES string of the molecule is CCCCc1cc(C(N2NC(=O)CC2(C)C)C(F)(F)F)c2ccccc2c1. The van der Waals surface area contributed by atoms with Gasteiger partial charge < -0.3 is 0 Å². The van der Waals surface area contributed by atoms with Crippen molar-refractivity contribution < 1.29 is 18.0 Å². The first-order valence-corrected chi connectivity index (χ1v) is 9.30. The van der Waals surface area contributed by atoms with Crippen LogP contribution in [0.2, 0.25) is 0 Å². The Labute approximate surface area is 157 Å². The van der Waals surface area contributed by atoms with Crippen LogP contribution in [0.15, 0.2) is 36.4 Å². The van der Waals surface area contributed by atoms with E-state index in [0.29, 0.717) is 5.39 Å². The van der Waals surface area contributed by atoms with Crippen molar-refractivity contribution in [1.29, 1.82) is 0 Å². The first kappa shape index (κ1) is 19.7. The number of hydrazine groups is 1. The Bertz CT molecular complexity index is 845. The summed E-state index contributed by atoms with van der Waals surface area (Å²) in [6, 6.07) is 8.88. The Kier molecular flexibility index (Phi) is 5.21. The molecule has 1 atom stereocenters. The zero-order valence-corrected chi connectivity index (χ0v) is 15.9. The van der Waals surface area contributed by atoms with Gasteiger partial charge in [-0.3, -0.25) is 10.2 Å².